The Bertz CT molecular complexity index is 421. The lowest BCUT2D eigenvalue weighted by molar-refractivity contribution is 0.107. The average molecular weight is 363 g/mol. The second-order valence-electron chi connectivity index (χ2n) is 4.79. The molecule has 1 aromatic carbocycles. The predicted molar refractivity (Wildman–Crippen MR) is 85.8 cm³/mol. The van der Waals surface area contributed by atoms with Crippen molar-refractivity contribution in [2.75, 3.05) is 47.1 Å². The van der Waals surface area contributed by atoms with Crippen molar-refractivity contribution in [1.29, 1.82) is 0 Å². The zero-order valence-corrected chi connectivity index (χ0v) is 14.2. The van der Waals surface area contributed by atoms with Gasteiger partial charge in [-0.05, 0) is 24.6 Å². The standard InChI is InChI=1S/C15H24BrFN2O2/c1-20-8-3-6-19(7-9-21-2)15(11-18)13-10-12(16)4-5-14(13)17/h4-5,10,15H,3,6-9,11,18H2,1-2H3. The summed E-state index contributed by atoms with van der Waals surface area (Å²) in [5, 5.41) is 0. The molecule has 0 saturated carbocycles. The molecule has 1 atom stereocenters. The van der Waals surface area contributed by atoms with Gasteiger partial charge in [-0.2, -0.15) is 0 Å². The van der Waals surface area contributed by atoms with E-state index in [1.54, 1.807) is 26.4 Å². The zero-order valence-electron chi connectivity index (χ0n) is 12.6. The van der Waals surface area contributed by atoms with E-state index in [1.165, 1.54) is 6.07 Å². The van der Waals surface area contributed by atoms with Crippen molar-refractivity contribution >= 4 is 15.9 Å². The lowest BCUT2D eigenvalue weighted by atomic mass is 10.0. The number of hydrogen-bond acceptors (Lipinski definition) is 4. The number of halogens is 2. The number of nitrogens with zero attached hydrogens (tertiary/aromatic N) is 1. The molecule has 0 radical (unpaired) electrons. The maximum Gasteiger partial charge on any atom is 0.128 e. The van der Waals surface area contributed by atoms with E-state index in [0.29, 0.717) is 31.9 Å². The molecule has 0 bridgehead atoms. The van der Waals surface area contributed by atoms with Crippen molar-refractivity contribution in [2.45, 2.75) is 12.5 Å². The van der Waals surface area contributed by atoms with Crippen LogP contribution in [0.1, 0.15) is 18.0 Å². The molecule has 21 heavy (non-hydrogen) atoms. The third-order valence-corrected chi connectivity index (χ3v) is 3.85. The summed E-state index contributed by atoms with van der Waals surface area (Å²) in [6, 6.07) is 4.78. The zero-order chi connectivity index (χ0) is 15.7. The molecule has 120 valence electrons. The van der Waals surface area contributed by atoms with Crippen molar-refractivity contribution in [3.63, 3.8) is 0 Å². The topological polar surface area (TPSA) is 47.7 Å². The fourth-order valence-corrected chi connectivity index (χ4v) is 2.67. The van der Waals surface area contributed by atoms with Crippen molar-refractivity contribution < 1.29 is 13.9 Å². The number of benzene rings is 1. The highest BCUT2D eigenvalue weighted by molar-refractivity contribution is 9.10. The maximum atomic E-state index is 14.1. The van der Waals surface area contributed by atoms with E-state index < -0.39 is 0 Å². The molecule has 1 unspecified atom stereocenters. The van der Waals surface area contributed by atoms with E-state index in [0.717, 1.165) is 17.4 Å². The average Bonchev–Trinajstić information content (AvgIpc) is 2.48. The minimum Gasteiger partial charge on any atom is -0.385 e. The number of nitrogens with two attached hydrogens (primary N) is 1. The third kappa shape index (κ3) is 6.00. The van der Waals surface area contributed by atoms with Gasteiger partial charge in [0.15, 0.2) is 0 Å². The molecule has 6 heteroatoms. The Morgan fingerprint density at radius 1 is 1.24 bits per heavy atom. The fourth-order valence-electron chi connectivity index (χ4n) is 2.29. The molecule has 0 saturated heterocycles. The molecular formula is C15H24BrFN2O2. The molecule has 1 rings (SSSR count). The SMILES string of the molecule is COCCCN(CCOC)C(CN)c1cc(Br)ccc1F. The van der Waals surface area contributed by atoms with E-state index in [9.17, 15) is 4.39 Å². The van der Waals surface area contributed by atoms with E-state index in [-0.39, 0.29) is 11.9 Å². The molecule has 0 aliphatic rings. The first-order valence-electron chi connectivity index (χ1n) is 7.01. The van der Waals surface area contributed by atoms with Gasteiger partial charge in [0.05, 0.1) is 12.6 Å². The normalized spacial score (nSPS) is 12.9. The molecular weight excluding hydrogens is 339 g/mol. The summed E-state index contributed by atoms with van der Waals surface area (Å²) < 4.78 is 25.2. The second kappa shape index (κ2) is 10.2. The van der Waals surface area contributed by atoms with Gasteiger partial charge >= 0.3 is 0 Å². The first-order chi connectivity index (χ1) is 10.1. The van der Waals surface area contributed by atoms with Gasteiger partial charge in [0.25, 0.3) is 0 Å². The van der Waals surface area contributed by atoms with Gasteiger partial charge in [-0.25, -0.2) is 4.39 Å². The smallest absolute Gasteiger partial charge is 0.128 e. The molecule has 1 aromatic rings. The summed E-state index contributed by atoms with van der Waals surface area (Å²) in [6.45, 7) is 3.09. The van der Waals surface area contributed by atoms with E-state index in [1.807, 2.05) is 0 Å². The molecule has 0 spiro atoms. The second-order valence-corrected chi connectivity index (χ2v) is 5.71. The highest BCUT2D eigenvalue weighted by Gasteiger charge is 2.22. The van der Waals surface area contributed by atoms with Crippen LogP contribution in [0.15, 0.2) is 22.7 Å². The summed E-state index contributed by atoms with van der Waals surface area (Å²) >= 11 is 3.39. The van der Waals surface area contributed by atoms with E-state index in [4.69, 9.17) is 15.2 Å². The van der Waals surface area contributed by atoms with Crippen LogP contribution in [0.4, 0.5) is 4.39 Å². The predicted octanol–water partition coefficient (Wildman–Crippen LogP) is 2.57. The highest BCUT2D eigenvalue weighted by Crippen LogP contribution is 2.26. The largest absolute Gasteiger partial charge is 0.385 e. The summed E-state index contributed by atoms with van der Waals surface area (Å²) in [6.07, 6.45) is 0.867. The van der Waals surface area contributed by atoms with Crippen LogP contribution in [0.25, 0.3) is 0 Å². The lowest BCUT2D eigenvalue weighted by Crippen LogP contribution is -2.37. The first-order valence-corrected chi connectivity index (χ1v) is 7.80. The molecule has 0 heterocycles. The minimum absolute atomic E-state index is 0.172. The molecule has 0 aliphatic carbocycles. The molecule has 0 aliphatic heterocycles. The first kappa shape index (κ1) is 18.5. The van der Waals surface area contributed by atoms with E-state index in [2.05, 4.69) is 20.8 Å². The maximum absolute atomic E-state index is 14.1. The molecule has 0 amide bonds. The minimum atomic E-state index is -0.234. The van der Waals surface area contributed by atoms with Crippen LogP contribution in [-0.2, 0) is 9.47 Å². The van der Waals surface area contributed by atoms with Crippen LogP contribution in [0.5, 0.6) is 0 Å². The highest BCUT2D eigenvalue weighted by atomic mass is 79.9. The molecule has 4 nitrogen and oxygen atoms in total. The Morgan fingerprint density at radius 3 is 2.57 bits per heavy atom. The van der Waals surface area contributed by atoms with Gasteiger partial charge < -0.3 is 15.2 Å². The van der Waals surface area contributed by atoms with Gasteiger partial charge in [0.1, 0.15) is 5.82 Å². The number of hydrogen-bond donors (Lipinski definition) is 1. The van der Waals surface area contributed by atoms with Crippen LogP contribution < -0.4 is 5.73 Å². The van der Waals surface area contributed by atoms with Gasteiger partial charge in [0, 0.05) is 50.5 Å². The van der Waals surface area contributed by atoms with Gasteiger partial charge in [0.2, 0.25) is 0 Å². The Labute approximate surface area is 134 Å². The van der Waals surface area contributed by atoms with Crippen LogP contribution in [0, 0.1) is 5.82 Å². The monoisotopic (exact) mass is 362 g/mol. The Balaban J connectivity index is 2.90. The van der Waals surface area contributed by atoms with E-state index >= 15 is 0 Å². The summed E-state index contributed by atoms with van der Waals surface area (Å²) in [5.74, 6) is -0.234. The van der Waals surface area contributed by atoms with Crippen LogP contribution in [-0.4, -0.2) is 52.0 Å². The Hall–Kier alpha value is -0.530. The van der Waals surface area contributed by atoms with Crippen LogP contribution in [0.2, 0.25) is 0 Å². The third-order valence-electron chi connectivity index (χ3n) is 3.36. The van der Waals surface area contributed by atoms with Crippen LogP contribution in [0.3, 0.4) is 0 Å². The van der Waals surface area contributed by atoms with Gasteiger partial charge in [-0.15, -0.1) is 0 Å². The van der Waals surface area contributed by atoms with Crippen molar-refractivity contribution in [3.8, 4) is 0 Å². The number of ether oxygens (including phenoxy) is 2. The van der Waals surface area contributed by atoms with Crippen LogP contribution >= 0.6 is 15.9 Å². The number of methoxy groups -OCH3 is 2. The summed E-state index contributed by atoms with van der Waals surface area (Å²) in [4.78, 5) is 2.15. The van der Waals surface area contributed by atoms with Crippen molar-refractivity contribution in [1.82, 2.24) is 4.90 Å². The summed E-state index contributed by atoms with van der Waals surface area (Å²) in [7, 11) is 3.33. The Kier molecular flexibility index (Phi) is 9.03. The van der Waals surface area contributed by atoms with Gasteiger partial charge in [-0.1, -0.05) is 15.9 Å². The summed E-state index contributed by atoms with van der Waals surface area (Å²) in [5.41, 5.74) is 6.52. The fraction of sp³-hybridized carbons (Fsp3) is 0.600. The molecule has 0 fully saturated rings. The molecule has 2 N–H and O–H groups in total. The van der Waals surface area contributed by atoms with Gasteiger partial charge in [-0.3, -0.25) is 4.90 Å². The molecule has 0 aromatic heterocycles. The van der Waals surface area contributed by atoms with Crippen molar-refractivity contribution in [2.24, 2.45) is 5.73 Å². The quantitative estimate of drug-likeness (QED) is 0.649. The lowest BCUT2D eigenvalue weighted by Gasteiger charge is -2.31. The van der Waals surface area contributed by atoms with Crippen molar-refractivity contribution in [3.05, 3.63) is 34.1 Å². The Morgan fingerprint density at radius 2 is 1.95 bits per heavy atom. The number of rotatable bonds is 10.